The highest BCUT2D eigenvalue weighted by molar-refractivity contribution is 5.98. The predicted octanol–water partition coefficient (Wildman–Crippen LogP) is 3.09. The third kappa shape index (κ3) is 5.80. The molecule has 5 nitrogen and oxygen atoms in total. The minimum atomic E-state index is -0.232. The Morgan fingerprint density at radius 1 is 1.21 bits per heavy atom. The summed E-state index contributed by atoms with van der Waals surface area (Å²) >= 11 is 0. The number of nitrogens with one attached hydrogen (secondary N) is 2. The fraction of sp³-hybridized carbons (Fsp3) is 0.526. The Morgan fingerprint density at radius 2 is 2.04 bits per heavy atom. The molecule has 0 unspecified atom stereocenters. The molecule has 0 saturated carbocycles. The molecule has 0 bridgehead atoms. The van der Waals surface area contributed by atoms with Gasteiger partial charge in [-0.3, -0.25) is 14.6 Å². The van der Waals surface area contributed by atoms with Crippen LogP contribution in [-0.4, -0.2) is 29.9 Å². The molecule has 0 aromatic carbocycles. The van der Waals surface area contributed by atoms with Crippen molar-refractivity contribution in [2.75, 3.05) is 13.1 Å². The van der Waals surface area contributed by atoms with E-state index in [1.54, 1.807) is 12.1 Å². The fourth-order valence-electron chi connectivity index (χ4n) is 2.65. The highest BCUT2D eigenvalue weighted by Gasteiger charge is 2.12. The molecular weight excluding hydrogens is 302 g/mol. The van der Waals surface area contributed by atoms with E-state index in [2.05, 4.69) is 21.7 Å². The largest absolute Gasteiger partial charge is 0.352 e. The van der Waals surface area contributed by atoms with Gasteiger partial charge in [0.1, 0.15) is 5.69 Å². The molecule has 0 fully saturated rings. The van der Waals surface area contributed by atoms with Gasteiger partial charge in [-0.2, -0.15) is 0 Å². The smallest absolute Gasteiger partial charge is 0.269 e. The van der Waals surface area contributed by atoms with Gasteiger partial charge in [0.15, 0.2) is 0 Å². The third-order valence-electron chi connectivity index (χ3n) is 4.04. The molecule has 0 spiro atoms. The van der Waals surface area contributed by atoms with Crippen molar-refractivity contribution in [3.8, 4) is 0 Å². The van der Waals surface area contributed by atoms with Crippen molar-refractivity contribution in [1.29, 1.82) is 0 Å². The van der Waals surface area contributed by atoms with Gasteiger partial charge in [-0.15, -0.1) is 0 Å². The third-order valence-corrected chi connectivity index (χ3v) is 4.04. The second-order valence-corrected chi connectivity index (χ2v) is 6.65. The standard InChI is InChI=1S/C19H27N3O2/c1-14(2)13-22-18(23)16-9-11-20-17(12-16)19(24)21-10-8-15-6-4-3-5-7-15/h6,9,11-12,14H,3-5,7-8,10,13H2,1-2H3,(H,21,24)(H,22,23). The summed E-state index contributed by atoms with van der Waals surface area (Å²) in [7, 11) is 0. The van der Waals surface area contributed by atoms with E-state index >= 15 is 0 Å². The van der Waals surface area contributed by atoms with Crippen LogP contribution in [0.5, 0.6) is 0 Å². The molecule has 1 aromatic heterocycles. The summed E-state index contributed by atoms with van der Waals surface area (Å²) < 4.78 is 0. The van der Waals surface area contributed by atoms with Crippen LogP contribution in [0.4, 0.5) is 0 Å². The van der Waals surface area contributed by atoms with Crippen LogP contribution in [0.3, 0.4) is 0 Å². The van der Waals surface area contributed by atoms with E-state index < -0.39 is 0 Å². The van der Waals surface area contributed by atoms with Crippen LogP contribution >= 0.6 is 0 Å². The molecule has 1 aliphatic rings. The number of nitrogens with zero attached hydrogens (tertiary/aromatic N) is 1. The number of amides is 2. The average Bonchev–Trinajstić information content (AvgIpc) is 2.60. The average molecular weight is 329 g/mol. The zero-order valence-corrected chi connectivity index (χ0v) is 14.6. The Morgan fingerprint density at radius 3 is 2.75 bits per heavy atom. The summed E-state index contributed by atoms with van der Waals surface area (Å²) in [4.78, 5) is 28.3. The molecule has 0 atom stereocenters. The number of allylic oxidation sites excluding steroid dienone is 1. The lowest BCUT2D eigenvalue weighted by atomic mass is 9.97. The molecule has 130 valence electrons. The topological polar surface area (TPSA) is 71.1 Å². The van der Waals surface area contributed by atoms with Crippen molar-refractivity contribution in [1.82, 2.24) is 15.6 Å². The summed E-state index contributed by atoms with van der Waals surface area (Å²) in [6.07, 6.45) is 9.48. The maximum atomic E-state index is 12.2. The van der Waals surface area contributed by atoms with Crippen LogP contribution in [0.25, 0.3) is 0 Å². The van der Waals surface area contributed by atoms with Crippen LogP contribution in [0.15, 0.2) is 30.0 Å². The summed E-state index contributed by atoms with van der Waals surface area (Å²) in [5.74, 6) is -0.0231. The lowest BCUT2D eigenvalue weighted by Crippen LogP contribution is -2.29. The molecule has 2 rings (SSSR count). The second kappa shape index (κ2) is 9.21. The highest BCUT2D eigenvalue weighted by Crippen LogP contribution is 2.19. The number of hydrogen-bond donors (Lipinski definition) is 2. The van der Waals surface area contributed by atoms with Crippen molar-refractivity contribution in [3.05, 3.63) is 41.2 Å². The van der Waals surface area contributed by atoms with E-state index in [1.807, 2.05) is 13.8 Å². The summed E-state index contributed by atoms with van der Waals surface area (Å²) in [5, 5.41) is 5.73. The normalized spacial score (nSPS) is 14.2. The van der Waals surface area contributed by atoms with Crippen molar-refractivity contribution >= 4 is 11.8 Å². The lowest BCUT2D eigenvalue weighted by molar-refractivity contribution is 0.0949. The van der Waals surface area contributed by atoms with Gasteiger partial charge in [-0.25, -0.2) is 0 Å². The van der Waals surface area contributed by atoms with Gasteiger partial charge in [0.2, 0.25) is 0 Å². The van der Waals surface area contributed by atoms with Crippen molar-refractivity contribution in [2.45, 2.75) is 46.0 Å². The first kappa shape index (κ1) is 18.2. The van der Waals surface area contributed by atoms with Gasteiger partial charge in [-0.05, 0) is 50.2 Å². The molecule has 0 radical (unpaired) electrons. The maximum Gasteiger partial charge on any atom is 0.269 e. The number of carbonyl (C=O) groups is 2. The first-order chi connectivity index (χ1) is 11.6. The van der Waals surface area contributed by atoms with Gasteiger partial charge >= 0.3 is 0 Å². The monoisotopic (exact) mass is 329 g/mol. The maximum absolute atomic E-state index is 12.2. The summed E-state index contributed by atoms with van der Waals surface area (Å²) in [6.45, 7) is 5.29. The van der Waals surface area contributed by atoms with Gasteiger partial charge in [0, 0.05) is 24.8 Å². The van der Waals surface area contributed by atoms with Gasteiger partial charge < -0.3 is 10.6 Å². The fourth-order valence-corrected chi connectivity index (χ4v) is 2.65. The van der Waals surface area contributed by atoms with E-state index in [9.17, 15) is 9.59 Å². The van der Waals surface area contributed by atoms with Crippen LogP contribution in [-0.2, 0) is 0 Å². The van der Waals surface area contributed by atoms with Gasteiger partial charge in [-0.1, -0.05) is 25.5 Å². The minimum Gasteiger partial charge on any atom is -0.352 e. The van der Waals surface area contributed by atoms with Crippen LogP contribution < -0.4 is 10.6 Å². The van der Waals surface area contributed by atoms with Crippen molar-refractivity contribution in [3.63, 3.8) is 0 Å². The Bertz CT molecular complexity index is 608. The minimum absolute atomic E-state index is 0.174. The number of pyridine rings is 1. The molecule has 1 aromatic rings. The van der Waals surface area contributed by atoms with Crippen molar-refractivity contribution < 1.29 is 9.59 Å². The first-order valence-corrected chi connectivity index (χ1v) is 8.76. The Balaban J connectivity index is 1.86. The van der Waals surface area contributed by atoms with Gasteiger partial charge in [0.25, 0.3) is 11.8 Å². The molecule has 2 amide bonds. The molecular formula is C19H27N3O2. The highest BCUT2D eigenvalue weighted by atomic mass is 16.2. The van der Waals surface area contributed by atoms with E-state index in [0.717, 1.165) is 19.3 Å². The number of rotatable bonds is 7. The van der Waals surface area contributed by atoms with Crippen molar-refractivity contribution in [2.24, 2.45) is 5.92 Å². The van der Waals surface area contributed by atoms with E-state index in [-0.39, 0.29) is 17.5 Å². The Labute approximate surface area is 143 Å². The molecule has 0 saturated heterocycles. The quantitative estimate of drug-likeness (QED) is 0.755. The first-order valence-electron chi connectivity index (χ1n) is 8.76. The Kier molecular flexibility index (Phi) is 6.97. The number of carbonyl (C=O) groups excluding carboxylic acids is 2. The van der Waals surface area contributed by atoms with Crippen LogP contribution in [0.2, 0.25) is 0 Å². The van der Waals surface area contributed by atoms with E-state index in [0.29, 0.717) is 24.6 Å². The van der Waals surface area contributed by atoms with Crippen LogP contribution in [0.1, 0.15) is 66.8 Å². The summed E-state index contributed by atoms with van der Waals surface area (Å²) in [5.41, 5.74) is 2.17. The predicted molar refractivity (Wildman–Crippen MR) is 94.9 cm³/mol. The molecule has 0 aliphatic heterocycles. The zero-order chi connectivity index (χ0) is 17.4. The summed E-state index contributed by atoms with van der Waals surface area (Å²) in [6, 6.07) is 3.17. The second-order valence-electron chi connectivity index (χ2n) is 6.65. The molecule has 1 heterocycles. The van der Waals surface area contributed by atoms with E-state index in [4.69, 9.17) is 0 Å². The Hall–Kier alpha value is -2.17. The molecule has 5 heteroatoms. The SMILES string of the molecule is CC(C)CNC(=O)c1ccnc(C(=O)NCCC2=CCCCC2)c1. The van der Waals surface area contributed by atoms with Gasteiger partial charge in [0.05, 0.1) is 0 Å². The van der Waals surface area contributed by atoms with E-state index in [1.165, 1.54) is 24.6 Å². The zero-order valence-electron chi connectivity index (χ0n) is 14.6. The lowest BCUT2D eigenvalue weighted by Gasteiger charge is -2.13. The molecule has 2 N–H and O–H groups in total. The molecule has 24 heavy (non-hydrogen) atoms. The number of aromatic nitrogens is 1. The van der Waals surface area contributed by atoms with Crippen LogP contribution in [0, 0.1) is 5.92 Å². The number of hydrogen-bond acceptors (Lipinski definition) is 3. The molecule has 1 aliphatic carbocycles.